The van der Waals surface area contributed by atoms with Crippen molar-refractivity contribution in [1.82, 2.24) is 0 Å². The van der Waals surface area contributed by atoms with Crippen LogP contribution in [0.1, 0.15) is 50.0 Å². The zero-order valence-electron chi connectivity index (χ0n) is 16.9. The molecular weight excluding hydrogens is 364 g/mol. The van der Waals surface area contributed by atoms with Crippen LogP contribution in [0.5, 0.6) is 11.5 Å². The Kier molecular flexibility index (Phi) is 4.73. The molecule has 29 heavy (non-hydrogen) atoms. The van der Waals surface area contributed by atoms with Crippen molar-refractivity contribution in [3.8, 4) is 11.5 Å². The van der Waals surface area contributed by atoms with E-state index in [0.29, 0.717) is 29.6 Å². The number of allylic oxidation sites excluding steroid dienone is 1. The average molecular weight is 392 g/mol. The molecule has 1 heterocycles. The van der Waals surface area contributed by atoms with Gasteiger partial charge in [0.05, 0.1) is 7.11 Å². The van der Waals surface area contributed by atoms with Gasteiger partial charge >= 0.3 is 0 Å². The lowest BCUT2D eigenvalue weighted by atomic mass is 9.48. The van der Waals surface area contributed by atoms with Crippen molar-refractivity contribution in [3.63, 3.8) is 0 Å². The quantitative estimate of drug-likeness (QED) is 0.570. The van der Waals surface area contributed by atoms with E-state index < -0.39 is 0 Å². The van der Waals surface area contributed by atoms with Gasteiger partial charge in [-0.05, 0) is 92.7 Å². The molecule has 0 amide bonds. The van der Waals surface area contributed by atoms with Crippen LogP contribution in [0.15, 0.2) is 46.9 Å². The van der Waals surface area contributed by atoms with Crippen molar-refractivity contribution < 1.29 is 18.7 Å². The van der Waals surface area contributed by atoms with Gasteiger partial charge in [0.15, 0.2) is 17.3 Å². The summed E-state index contributed by atoms with van der Waals surface area (Å²) in [5, 5.41) is 0. The number of methoxy groups -OCH3 is 1. The van der Waals surface area contributed by atoms with E-state index in [1.54, 1.807) is 13.2 Å². The molecule has 4 heteroatoms. The summed E-state index contributed by atoms with van der Waals surface area (Å²) in [6.07, 6.45) is 10.9. The average Bonchev–Trinajstić information content (AvgIpc) is 3.17. The minimum atomic E-state index is -0.0896. The van der Waals surface area contributed by atoms with Crippen molar-refractivity contribution in [2.45, 2.75) is 45.1 Å². The molecule has 4 aliphatic carbocycles. The first-order valence-corrected chi connectivity index (χ1v) is 10.7. The molecule has 4 saturated carbocycles. The Balaban J connectivity index is 1.22. The minimum Gasteiger partial charge on any atom is -0.493 e. The van der Waals surface area contributed by atoms with Crippen LogP contribution in [0.4, 0.5) is 0 Å². The first kappa shape index (κ1) is 18.5. The van der Waals surface area contributed by atoms with Crippen LogP contribution in [0.3, 0.4) is 0 Å². The molecule has 6 rings (SSSR count). The Hall–Kier alpha value is -2.49. The summed E-state index contributed by atoms with van der Waals surface area (Å²) in [5.74, 6) is 5.43. The van der Waals surface area contributed by atoms with E-state index in [1.165, 1.54) is 19.3 Å². The van der Waals surface area contributed by atoms with E-state index in [2.05, 4.69) is 0 Å². The van der Waals surface area contributed by atoms with Gasteiger partial charge in [-0.15, -0.1) is 0 Å². The molecule has 0 aliphatic heterocycles. The number of ether oxygens (including phenoxy) is 2. The van der Waals surface area contributed by atoms with Crippen LogP contribution in [-0.2, 0) is 11.4 Å². The normalized spacial score (nSPS) is 30.0. The van der Waals surface area contributed by atoms with E-state index in [9.17, 15) is 4.79 Å². The van der Waals surface area contributed by atoms with E-state index in [1.807, 2.05) is 42.5 Å². The van der Waals surface area contributed by atoms with Gasteiger partial charge in [-0.1, -0.05) is 12.1 Å². The highest BCUT2D eigenvalue weighted by Gasteiger charge is 2.53. The van der Waals surface area contributed by atoms with Gasteiger partial charge < -0.3 is 13.9 Å². The van der Waals surface area contributed by atoms with Crippen molar-refractivity contribution in [2.24, 2.45) is 23.2 Å². The molecule has 0 radical (unpaired) electrons. The van der Waals surface area contributed by atoms with E-state index in [0.717, 1.165) is 42.8 Å². The van der Waals surface area contributed by atoms with Gasteiger partial charge in [-0.2, -0.15) is 0 Å². The smallest absolute Gasteiger partial charge is 0.161 e. The summed E-state index contributed by atoms with van der Waals surface area (Å²) in [6.45, 7) is 0.317. The number of carbonyl (C=O) groups excluding carboxylic acids is 1. The van der Waals surface area contributed by atoms with E-state index >= 15 is 0 Å². The third-order valence-corrected chi connectivity index (χ3v) is 7.08. The van der Waals surface area contributed by atoms with E-state index in [4.69, 9.17) is 13.9 Å². The fourth-order valence-corrected chi connectivity index (χ4v) is 6.20. The number of hydrogen-bond donors (Lipinski definition) is 0. The second-order valence-electron chi connectivity index (χ2n) is 9.14. The van der Waals surface area contributed by atoms with Crippen molar-refractivity contribution in [3.05, 3.63) is 54.0 Å². The Morgan fingerprint density at radius 3 is 2.34 bits per heavy atom. The summed E-state index contributed by atoms with van der Waals surface area (Å²) >= 11 is 0. The van der Waals surface area contributed by atoms with Crippen LogP contribution in [0.25, 0.3) is 6.08 Å². The lowest BCUT2D eigenvalue weighted by Crippen LogP contribution is -2.49. The number of para-hydroxylation sites is 2. The van der Waals surface area contributed by atoms with Gasteiger partial charge in [0.25, 0.3) is 0 Å². The predicted octanol–water partition coefficient (Wildman–Crippen LogP) is 5.67. The lowest BCUT2D eigenvalue weighted by molar-refractivity contribution is -0.138. The van der Waals surface area contributed by atoms with Crippen LogP contribution < -0.4 is 9.47 Å². The Morgan fingerprint density at radius 2 is 1.69 bits per heavy atom. The van der Waals surface area contributed by atoms with Crippen molar-refractivity contribution in [1.29, 1.82) is 0 Å². The standard InChI is InChI=1S/C25H28O4/c1-27-22-4-2-3-5-23(22)28-16-21-7-6-20(29-21)8-9-24(26)25-13-17-10-18(14-25)12-19(11-17)15-25/h2-9,17-19H,10-16H2,1H3/b9-8+. The van der Waals surface area contributed by atoms with Gasteiger partial charge in [0.2, 0.25) is 0 Å². The van der Waals surface area contributed by atoms with Crippen molar-refractivity contribution >= 4 is 11.9 Å². The highest BCUT2D eigenvalue weighted by atomic mass is 16.5. The maximum atomic E-state index is 13.1. The Labute approximate surface area is 171 Å². The predicted molar refractivity (Wildman–Crippen MR) is 111 cm³/mol. The number of ketones is 1. The van der Waals surface area contributed by atoms with Gasteiger partial charge in [0, 0.05) is 5.41 Å². The van der Waals surface area contributed by atoms with Crippen LogP contribution in [0, 0.1) is 23.2 Å². The first-order valence-electron chi connectivity index (χ1n) is 10.7. The number of hydrogen-bond acceptors (Lipinski definition) is 4. The monoisotopic (exact) mass is 392 g/mol. The first-order chi connectivity index (χ1) is 14.1. The number of furan rings is 1. The van der Waals surface area contributed by atoms with Crippen LogP contribution in [0.2, 0.25) is 0 Å². The summed E-state index contributed by atoms with van der Waals surface area (Å²) < 4.78 is 17.0. The van der Waals surface area contributed by atoms with Gasteiger partial charge in [-0.3, -0.25) is 4.79 Å². The molecule has 0 atom stereocenters. The molecule has 4 bridgehead atoms. The largest absolute Gasteiger partial charge is 0.493 e. The van der Waals surface area contributed by atoms with Crippen LogP contribution >= 0.6 is 0 Å². The fourth-order valence-electron chi connectivity index (χ4n) is 6.20. The summed E-state index contributed by atoms with van der Waals surface area (Å²) in [4.78, 5) is 13.1. The zero-order valence-corrected chi connectivity index (χ0v) is 16.9. The number of benzene rings is 1. The maximum Gasteiger partial charge on any atom is 0.161 e. The topological polar surface area (TPSA) is 48.7 Å². The Bertz CT molecular complexity index is 887. The molecule has 0 spiro atoms. The third-order valence-electron chi connectivity index (χ3n) is 7.08. The molecule has 152 valence electrons. The number of carbonyl (C=O) groups is 1. The second kappa shape index (κ2) is 7.40. The van der Waals surface area contributed by atoms with Gasteiger partial charge in [-0.25, -0.2) is 0 Å². The summed E-state index contributed by atoms with van der Waals surface area (Å²) in [5.41, 5.74) is -0.0896. The zero-order chi connectivity index (χ0) is 19.8. The van der Waals surface area contributed by atoms with Crippen LogP contribution in [-0.4, -0.2) is 12.9 Å². The highest BCUT2D eigenvalue weighted by Crippen LogP contribution is 2.60. The summed E-state index contributed by atoms with van der Waals surface area (Å²) in [7, 11) is 1.62. The number of rotatable bonds is 7. The molecule has 1 aromatic carbocycles. The molecule has 4 fully saturated rings. The molecule has 1 aromatic heterocycles. The Morgan fingerprint density at radius 1 is 1.03 bits per heavy atom. The molecule has 0 unspecified atom stereocenters. The lowest BCUT2D eigenvalue weighted by Gasteiger charge is -2.55. The van der Waals surface area contributed by atoms with Gasteiger partial charge in [0.1, 0.15) is 18.1 Å². The molecule has 4 nitrogen and oxygen atoms in total. The molecule has 0 saturated heterocycles. The SMILES string of the molecule is COc1ccccc1OCc1ccc(/C=C/C(=O)C23CC4CC(CC(C4)C2)C3)o1. The minimum absolute atomic E-state index is 0.0896. The highest BCUT2D eigenvalue weighted by molar-refractivity contribution is 5.98. The summed E-state index contributed by atoms with van der Waals surface area (Å²) in [6, 6.07) is 11.3. The fraction of sp³-hybridized carbons (Fsp3) is 0.480. The van der Waals surface area contributed by atoms with E-state index in [-0.39, 0.29) is 5.41 Å². The maximum absolute atomic E-state index is 13.1. The van der Waals surface area contributed by atoms with Crippen molar-refractivity contribution in [2.75, 3.05) is 7.11 Å². The second-order valence-corrected chi connectivity index (χ2v) is 9.14. The third kappa shape index (κ3) is 3.61. The molecule has 4 aliphatic rings. The molecule has 0 N–H and O–H groups in total. The molecular formula is C25H28O4. The molecule has 2 aromatic rings.